The summed E-state index contributed by atoms with van der Waals surface area (Å²) in [6, 6.07) is 7.66. The summed E-state index contributed by atoms with van der Waals surface area (Å²) in [6.45, 7) is 3.02. The highest BCUT2D eigenvalue weighted by Gasteiger charge is 2.35. The van der Waals surface area contributed by atoms with Crippen LogP contribution in [0.2, 0.25) is 0 Å². The Morgan fingerprint density at radius 3 is 2.43 bits per heavy atom. The van der Waals surface area contributed by atoms with Gasteiger partial charge in [0.15, 0.2) is 11.5 Å². The average Bonchev–Trinajstić information content (AvgIpc) is 2.56. The van der Waals surface area contributed by atoms with Gasteiger partial charge in [0, 0.05) is 22.8 Å². The van der Waals surface area contributed by atoms with E-state index in [-0.39, 0.29) is 5.92 Å². The van der Waals surface area contributed by atoms with Gasteiger partial charge in [0.1, 0.15) is 5.78 Å². The van der Waals surface area contributed by atoms with Crippen molar-refractivity contribution in [3.05, 3.63) is 24.3 Å². The summed E-state index contributed by atoms with van der Waals surface area (Å²) in [5.41, 5.74) is 0. The number of hydrogen-bond acceptors (Lipinski definition) is 4. The van der Waals surface area contributed by atoms with Crippen molar-refractivity contribution in [2.75, 3.05) is 13.2 Å². The number of thioether (sulfide) groups is 1. The second kappa shape index (κ2) is 8.09. The highest BCUT2D eigenvalue weighted by atomic mass is 32.2. The maximum atomic E-state index is 12.5. The first-order chi connectivity index (χ1) is 11.3. The molecule has 0 spiro atoms. The van der Waals surface area contributed by atoms with Gasteiger partial charge in [-0.1, -0.05) is 18.6 Å². The van der Waals surface area contributed by atoms with E-state index in [1.807, 2.05) is 31.2 Å². The minimum absolute atomic E-state index is 0.261. The summed E-state index contributed by atoms with van der Waals surface area (Å²) in [4.78, 5) is 12.5. The summed E-state index contributed by atoms with van der Waals surface area (Å²) in [6.07, 6.45) is 6.60. The van der Waals surface area contributed by atoms with Gasteiger partial charge in [-0.05, 0) is 44.7 Å². The number of carbonyl (C=O) groups excluding carboxylic acids is 1. The Hall–Kier alpha value is -1.16. The fourth-order valence-corrected chi connectivity index (χ4v) is 5.47. The van der Waals surface area contributed by atoms with Gasteiger partial charge in [-0.3, -0.25) is 4.79 Å². The van der Waals surface area contributed by atoms with Gasteiger partial charge in [0.25, 0.3) is 0 Å². The van der Waals surface area contributed by atoms with Crippen LogP contribution in [-0.2, 0) is 4.79 Å². The molecular formula is C19H26O3S. The molecule has 2 bridgehead atoms. The summed E-state index contributed by atoms with van der Waals surface area (Å²) >= 11 is 2.12. The van der Waals surface area contributed by atoms with E-state index < -0.39 is 0 Å². The number of ether oxygens (including phenoxy) is 2. The smallest absolute Gasteiger partial charge is 0.161 e. The number of fused-ring (bicyclic) bond motifs is 2. The predicted octanol–water partition coefficient (Wildman–Crippen LogP) is 4.49. The number of carbonyl (C=O) groups is 1. The molecule has 0 aliphatic carbocycles. The Kier molecular flexibility index (Phi) is 5.87. The lowest BCUT2D eigenvalue weighted by Crippen LogP contribution is -2.33. The largest absolute Gasteiger partial charge is 0.490 e. The van der Waals surface area contributed by atoms with Crippen molar-refractivity contribution in [3.63, 3.8) is 0 Å². The van der Waals surface area contributed by atoms with Crippen LogP contribution in [-0.4, -0.2) is 29.5 Å². The molecule has 2 aliphatic rings. The Bertz CT molecular complexity index is 519. The molecule has 4 heteroatoms. The highest BCUT2D eigenvalue weighted by Crippen LogP contribution is 2.44. The molecule has 1 aromatic carbocycles. The summed E-state index contributed by atoms with van der Waals surface area (Å²) in [7, 11) is 0. The van der Waals surface area contributed by atoms with E-state index >= 15 is 0 Å². The normalized spacial score (nSPS) is 26.6. The minimum atomic E-state index is 0.261. The van der Waals surface area contributed by atoms with Crippen molar-refractivity contribution in [1.82, 2.24) is 0 Å². The Balaban J connectivity index is 1.48. The maximum absolute atomic E-state index is 12.5. The molecule has 0 radical (unpaired) electrons. The number of rotatable bonds is 7. The molecule has 3 rings (SSSR count). The van der Waals surface area contributed by atoms with Gasteiger partial charge >= 0.3 is 0 Å². The van der Waals surface area contributed by atoms with E-state index in [1.54, 1.807) is 0 Å². The van der Waals surface area contributed by atoms with E-state index in [0.717, 1.165) is 34.8 Å². The molecule has 2 saturated heterocycles. The number of benzene rings is 1. The molecule has 1 aromatic rings. The first-order valence-electron chi connectivity index (χ1n) is 8.79. The third kappa shape index (κ3) is 4.43. The van der Waals surface area contributed by atoms with Crippen molar-refractivity contribution < 1.29 is 14.3 Å². The molecule has 2 heterocycles. The first kappa shape index (κ1) is 16.7. The molecule has 23 heavy (non-hydrogen) atoms. The van der Waals surface area contributed by atoms with E-state index in [0.29, 0.717) is 25.4 Å². The molecule has 3 nitrogen and oxygen atoms in total. The zero-order valence-electron chi connectivity index (χ0n) is 13.8. The zero-order valence-corrected chi connectivity index (χ0v) is 14.6. The van der Waals surface area contributed by atoms with Gasteiger partial charge in [0.05, 0.1) is 13.2 Å². The Morgan fingerprint density at radius 1 is 1.13 bits per heavy atom. The third-order valence-corrected chi connectivity index (χ3v) is 6.37. The molecule has 2 unspecified atom stereocenters. The number of ketones is 1. The van der Waals surface area contributed by atoms with E-state index in [2.05, 4.69) is 11.8 Å². The topological polar surface area (TPSA) is 35.5 Å². The Morgan fingerprint density at radius 2 is 1.78 bits per heavy atom. The second-order valence-corrected chi connectivity index (χ2v) is 8.03. The summed E-state index contributed by atoms with van der Waals surface area (Å²) in [5, 5.41) is 1.44. The number of hydrogen-bond donors (Lipinski definition) is 0. The van der Waals surface area contributed by atoms with Crippen LogP contribution >= 0.6 is 11.8 Å². The van der Waals surface area contributed by atoms with Gasteiger partial charge in [-0.15, -0.1) is 0 Å². The van der Waals surface area contributed by atoms with Crippen LogP contribution in [0.25, 0.3) is 0 Å². The minimum Gasteiger partial charge on any atom is -0.490 e. The van der Waals surface area contributed by atoms with Crippen molar-refractivity contribution in [2.45, 2.75) is 55.9 Å². The summed E-state index contributed by atoms with van der Waals surface area (Å²) in [5.74, 6) is 2.14. The first-order valence-corrected chi connectivity index (χ1v) is 9.73. The van der Waals surface area contributed by atoms with E-state index in [9.17, 15) is 4.79 Å². The van der Waals surface area contributed by atoms with Gasteiger partial charge in [-0.2, -0.15) is 11.8 Å². The molecule has 2 atom stereocenters. The van der Waals surface area contributed by atoms with Crippen LogP contribution in [0.3, 0.4) is 0 Å². The van der Waals surface area contributed by atoms with E-state index in [4.69, 9.17) is 9.47 Å². The highest BCUT2D eigenvalue weighted by molar-refractivity contribution is 8.00. The van der Waals surface area contributed by atoms with Crippen LogP contribution in [0, 0.1) is 5.92 Å². The molecule has 2 fully saturated rings. The van der Waals surface area contributed by atoms with Crippen molar-refractivity contribution in [2.24, 2.45) is 5.92 Å². The van der Waals surface area contributed by atoms with Gasteiger partial charge in [-0.25, -0.2) is 0 Å². The van der Waals surface area contributed by atoms with Crippen LogP contribution in [0.1, 0.15) is 45.4 Å². The maximum Gasteiger partial charge on any atom is 0.161 e. The zero-order chi connectivity index (χ0) is 16.1. The van der Waals surface area contributed by atoms with Crippen LogP contribution in [0.5, 0.6) is 11.5 Å². The molecule has 0 aromatic heterocycles. The average molecular weight is 334 g/mol. The van der Waals surface area contributed by atoms with Gasteiger partial charge in [0.2, 0.25) is 0 Å². The standard InChI is InChI=1S/C19H26O3S/c1-2-21-18-8-3-4-9-19(18)22-11-10-17(20)14-12-15-6-5-7-16(13-14)23-15/h3-4,8-9,14-16H,2,5-7,10-13H2,1H3. The quantitative estimate of drug-likeness (QED) is 0.736. The molecule has 0 saturated carbocycles. The fourth-order valence-electron chi connectivity index (χ4n) is 3.63. The Labute approximate surface area is 143 Å². The van der Waals surface area contributed by atoms with Crippen molar-refractivity contribution in [1.29, 1.82) is 0 Å². The summed E-state index contributed by atoms with van der Waals surface area (Å²) < 4.78 is 11.3. The monoisotopic (exact) mass is 334 g/mol. The molecule has 126 valence electrons. The lowest BCUT2D eigenvalue weighted by molar-refractivity contribution is -0.124. The number of para-hydroxylation sites is 2. The van der Waals surface area contributed by atoms with Crippen LogP contribution in [0.15, 0.2) is 24.3 Å². The molecular weight excluding hydrogens is 308 g/mol. The predicted molar refractivity (Wildman–Crippen MR) is 94.5 cm³/mol. The second-order valence-electron chi connectivity index (χ2n) is 6.42. The SMILES string of the molecule is CCOc1ccccc1OCCC(=O)C1CC2CCCC(C1)S2. The molecule has 0 amide bonds. The van der Waals surface area contributed by atoms with Crippen molar-refractivity contribution >= 4 is 17.5 Å². The van der Waals surface area contributed by atoms with Gasteiger partial charge < -0.3 is 9.47 Å². The lowest BCUT2D eigenvalue weighted by atomic mass is 9.86. The fraction of sp³-hybridized carbons (Fsp3) is 0.632. The lowest BCUT2D eigenvalue weighted by Gasteiger charge is -2.37. The van der Waals surface area contributed by atoms with Crippen LogP contribution in [0.4, 0.5) is 0 Å². The third-order valence-electron chi connectivity index (χ3n) is 4.74. The molecule has 2 aliphatic heterocycles. The molecule has 0 N–H and O–H groups in total. The number of Topliss-reactive ketones (excluding diaryl/α,β-unsaturated/α-hetero) is 1. The van der Waals surface area contributed by atoms with Crippen LogP contribution < -0.4 is 9.47 Å². The van der Waals surface area contributed by atoms with Crippen molar-refractivity contribution in [3.8, 4) is 11.5 Å². The van der Waals surface area contributed by atoms with E-state index in [1.165, 1.54) is 19.3 Å².